The lowest BCUT2D eigenvalue weighted by atomic mass is 10.1. The molecule has 0 saturated carbocycles. The number of hydrogen-bond acceptors (Lipinski definition) is 3. The van der Waals surface area contributed by atoms with Crippen LogP contribution in [0.5, 0.6) is 0 Å². The van der Waals surface area contributed by atoms with Crippen molar-refractivity contribution in [1.82, 2.24) is 4.90 Å². The van der Waals surface area contributed by atoms with Crippen LogP contribution in [0.4, 0.5) is 5.69 Å². The van der Waals surface area contributed by atoms with E-state index in [-0.39, 0.29) is 18.5 Å². The summed E-state index contributed by atoms with van der Waals surface area (Å²) >= 11 is 0. The molecule has 26 heavy (non-hydrogen) atoms. The number of nitrogens with one attached hydrogen (secondary N) is 1. The lowest BCUT2D eigenvalue weighted by Crippen LogP contribution is -2.34. The van der Waals surface area contributed by atoms with Crippen LogP contribution in [0, 0.1) is 0 Å². The van der Waals surface area contributed by atoms with E-state index in [2.05, 4.69) is 41.7 Å². The molecule has 2 aliphatic rings. The Morgan fingerprint density at radius 3 is 2.08 bits per heavy atom. The topological polar surface area (TPSA) is 49.4 Å². The molecule has 0 unspecified atom stereocenters. The third-order valence-corrected chi connectivity index (χ3v) is 5.11. The van der Waals surface area contributed by atoms with E-state index in [1.165, 1.54) is 27.2 Å². The highest BCUT2D eigenvalue weighted by Crippen LogP contribution is 2.37. The third-order valence-electron chi connectivity index (χ3n) is 5.11. The van der Waals surface area contributed by atoms with E-state index in [1.807, 2.05) is 6.07 Å². The summed E-state index contributed by atoms with van der Waals surface area (Å²) in [6.45, 7) is 0.165. The zero-order valence-corrected chi connectivity index (χ0v) is 14.0. The number of rotatable bonds is 3. The van der Waals surface area contributed by atoms with E-state index < -0.39 is 0 Å². The predicted molar refractivity (Wildman–Crippen MR) is 100 cm³/mol. The summed E-state index contributed by atoms with van der Waals surface area (Å²) in [5.74, 6) is -0.488. The molecule has 1 aliphatic carbocycles. The first-order valence-corrected chi connectivity index (χ1v) is 8.63. The highest BCUT2D eigenvalue weighted by atomic mass is 16.2. The van der Waals surface area contributed by atoms with Crippen LogP contribution in [0.1, 0.15) is 31.8 Å². The summed E-state index contributed by atoms with van der Waals surface area (Å²) in [4.78, 5) is 26.1. The summed E-state index contributed by atoms with van der Waals surface area (Å²) in [5.41, 5.74) is 7.00. The molecule has 4 nitrogen and oxygen atoms in total. The van der Waals surface area contributed by atoms with Gasteiger partial charge in [-0.2, -0.15) is 0 Å². The fraction of sp³-hybridized carbons (Fsp3) is 0.0909. The molecule has 1 heterocycles. The lowest BCUT2D eigenvalue weighted by Gasteiger charge is -2.16. The fourth-order valence-corrected chi connectivity index (χ4v) is 3.81. The highest BCUT2D eigenvalue weighted by molar-refractivity contribution is 6.21. The van der Waals surface area contributed by atoms with Gasteiger partial charge in [0.25, 0.3) is 11.8 Å². The first-order chi connectivity index (χ1) is 12.7. The van der Waals surface area contributed by atoms with Crippen molar-refractivity contribution in [3.05, 3.63) is 89.0 Å². The van der Waals surface area contributed by atoms with Gasteiger partial charge in [-0.25, -0.2) is 0 Å². The average Bonchev–Trinajstić information content (AvgIpc) is 3.16. The van der Waals surface area contributed by atoms with Crippen molar-refractivity contribution in [3.8, 4) is 11.1 Å². The van der Waals surface area contributed by atoms with Crippen molar-refractivity contribution in [3.63, 3.8) is 0 Å². The zero-order chi connectivity index (χ0) is 17.7. The van der Waals surface area contributed by atoms with Gasteiger partial charge < -0.3 is 5.32 Å². The van der Waals surface area contributed by atoms with Gasteiger partial charge in [0.2, 0.25) is 0 Å². The minimum Gasteiger partial charge on any atom is -0.367 e. The van der Waals surface area contributed by atoms with Crippen molar-refractivity contribution in [2.45, 2.75) is 6.42 Å². The molecular formula is C22H16N2O2. The molecule has 1 N–H and O–H groups in total. The first-order valence-electron chi connectivity index (χ1n) is 8.63. The van der Waals surface area contributed by atoms with E-state index in [9.17, 15) is 9.59 Å². The molecule has 3 aromatic rings. The summed E-state index contributed by atoms with van der Waals surface area (Å²) in [6.07, 6.45) is 0.911. The van der Waals surface area contributed by atoms with Gasteiger partial charge in [-0.3, -0.25) is 14.5 Å². The number of carbonyl (C=O) groups is 2. The smallest absolute Gasteiger partial charge is 0.263 e. The van der Waals surface area contributed by atoms with E-state index in [0.29, 0.717) is 11.1 Å². The monoisotopic (exact) mass is 340 g/mol. The van der Waals surface area contributed by atoms with Gasteiger partial charge in [0, 0.05) is 5.69 Å². The second-order valence-electron chi connectivity index (χ2n) is 6.62. The zero-order valence-electron chi connectivity index (χ0n) is 14.0. The molecule has 0 aromatic heterocycles. The van der Waals surface area contributed by atoms with E-state index in [1.54, 1.807) is 24.3 Å². The van der Waals surface area contributed by atoms with Crippen LogP contribution < -0.4 is 5.32 Å². The SMILES string of the molecule is O=C1c2ccccc2C(=O)N1CNc1ccc2c(c1)Cc1ccccc1-2. The van der Waals surface area contributed by atoms with Crippen LogP contribution in [0.2, 0.25) is 0 Å². The van der Waals surface area contributed by atoms with E-state index in [0.717, 1.165) is 12.1 Å². The van der Waals surface area contributed by atoms with Crippen LogP contribution >= 0.6 is 0 Å². The quantitative estimate of drug-likeness (QED) is 0.575. The number of imide groups is 1. The van der Waals surface area contributed by atoms with Gasteiger partial charge in [-0.1, -0.05) is 42.5 Å². The van der Waals surface area contributed by atoms with Crippen LogP contribution in [-0.2, 0) is 6.42 Å². The minimum absolute atomic E-state index is 0.165. The molecular weight excluding hydrogens is 324 g/mol. The molecule has 0 spiro atoms. The van der Waals surface area contributed by atoms with Gasteiger partial charge in [0.05, 0.1) is 17.8 Å². The number of carbonyl (C=O) groups excluding carboxylic acids is 2. The molecule has 3 aromatic carbocycles. The van der Waals surface area contributed by atoms with Gasteiger partial charge in [-0.05, 0) is 52.9 Å². The maximum absolute atomic E-state index is 12.4. The van der Waals surface area contributed by atoms with Crippen molar-refractivity contribution in [1.29, 1.82) is 0 Å². The number of benzene rings is 3. The summed E-state index contributed by atoms with van der Waals surface area (Å²) < 4.78 is 0. The number of fused-ring (bicyclic) bond motifs is 4. The van der Waals surface area contributed by atoms with Crippen molar-refractivity contribution < 1.29 is 9.59 Å². The molecule has 126 valence electrons. The summed E-state index contributed by atoms with van der Waals surface area (Å²) in [7, 11) is 0. The first kappa shape index (κ1) is 14.9. The molecule has 1 aliphatic heterocycles. The maximum Gasteiger partial charge on any atom is 0.263 e. The number of hydrogen-bond donors (Lipinski definition) is 1. The van der Waals surface area contributed by atoms with Crippen molar-refractivity contribution in [2.24, 2.45) is 0 Å². The molecule has 2 amide bonds. The Morgan fingerprint density at radius 2 is 1.35 bits per heavy atom. The van der Waals surface area contributed by atoms with E-state index in [4.69, 9.17) is 0 Å². The molecule has 4 heteroatoms. The molecule has 5 rings (SSSR count). The summed E-state index contributed by atoms with van der Waals surface area (Å²) in [6, 6.07) is 21.6. The van der Waals surface area contributed by atoms with E-state index >= 15 is 0 Å². The number of amides is 2. The standard InChI is InChI=1S/C22H16N2O2/c25-21-19-7-3-4-8-20(19)22(26)24(21)13-23-16-9-10-18-15(12-16)11-14-5-1-2-6-17(14)18/h1-10,12,23H,11,13H2. The van der Waals surface area contributed by atoms with Crippen LogP contribution in [0.3, 0.4) is 0 Å². The predicted octanol–water partition coefficient (Wildman–Crippen LogP) is 3.92. The molecule has 0 bridgehead atoms. The fourth-order valence-electron chi connectivity index (χ4n) is 3.81. The number of nitrogens with zero attached hydrogens (tertiary/aromatic N) is 1. The summed E-state index contributed by atoms with van der Waals surface area (Å²) in [5, 5.41) is 3.22. The van der Waals surface area contributed by atoms with Gasteiger partial charge >= 0.3 is 0 Å². The lowest BCUT2D eigenvalue weighted by molar-refractivity contribution is 0.0666. The van der Waals surface area contributed by atoms with Gasteiger partial charge in [0.1, 0.15) is 0 Å². The Hall–Kier alpha value is -3.40. The Bertz CT molecular complexity index is 1040. The van der Waals surface area contributed by atoms with Gasteiger partial charge in [-0.15, -0.1) is 0 Å². The second-order valence-corrected chi connectivity index (χ2v) is 6.62. The van der Waals surface area contributed by atoms with Crippen molar-refractivity contribution >= 4 is 17.5 Å². The largest absolute Gasteiger partial charge is 0.367 e. The highest BCUT2D eigenvalue weighted by Gasteiger charge is 2.34. The third kappa shape index (κ3) is 2.15. The Balaban J connectivity index is 1.36. The van der Waals surface area contributed by atoms with Crippen LogP contribution in [-0.4, -0.2) is 23.4 Å². The molecule has 0 radical (unpaired) electrons. The second kappa shape index (κ2) is 5.56. The Kier molecular flexibility index (Phi) is 3.19. The minimum atomic E-state index is -0.244. The maximum atomic E-state index is 12.4. The average molecular weight is 340 g/mol. The van der Waals surface area contributed by atoms with Crippen LogP contribution in [0.15, 0.2) is 66.7 Å². The van der Waals surface area contributed by atoms with Crippen molar-refractivity contribution in [2.75, 3.05) is 12.0 Å². The molecule has 0 atom stereocenters. The normalized spacial score (nSPS) is 14.2. The van der Waals surface area contributed by atoms with Gasteiger partial charge in [0.15, 0.2) is 0 Å². The molecule has 0 fully saturated rings. The Morgan fingerprint density at radius 1 is 0.731 bits per heavy atom. The number of anilines is 1. The van der Waals surface area contributed by atoms with Crippen LogP contribution in [0.25, 0.3) is 11.1 Å². The molecule has 0 saturated heterocycles. The Labute approximate surface area is 151 Å².